The average Bonchev–Trinajstić information content (AvgIpc) is 2.18. The van der Waals surface area contributed by atoms with Crippen LogP contribution in [0, 0.1) is 0 Å². The largest absolute Gasteiger partial charge is 0.726 e. The van der Waals surface area contributed by atoms with Gasteiger partial charge in [0, 0.05) is 7.11 Å². The molecule has 6 N–H and O–H groups in total. The van der Waals surface area contributed by atoms with Crippen LogP contribution in [0.15, 0.2) is 24.3 Å². The number of aliphatic hydroxyl groups is 1. The summed E-state index contributed by atoms with van der Waals surface area (Å²) in [5, 5.41) is 15.5. The molecule has 1 rings (SSSR count). The average molecular weight is 267 g/mol. The van der Waals surface area contributed by atoms with E-state index in [4.69, 9.17) is 27.7 Å². The summed E-state index contributed by atoms with van der Waals surface area (Å²) in [5.74, 6) is -0.925. The number of benzene rings is 1. The van der Waals surface area contributed by atoms with Crippen molar-refractivity contribution in [3.8, 4) is 0 Å². The third kappa shape index (κ3) is 12.4. The number of hydrogen-bond donors (Lipinski definition) is 4. The zero-order valence-corrected chi connectivity index (χ0v) is 9.72. The highest BCUT2D eigenvalue weighted by atomic mass is 32.3. The molecule has 1 aromatic rings. The van der Waals surface area contributed by atoms with Gasteiger partial charge in [-0.15, -0.1) is 0 Å². The first-order chi connectivity index (χ1) is 7.72. The van der Waals surface area contributed by atoms with Crippen LogP contribution in [0.3, 0.4) is 0 Å². The Hall–Kier alpha value is -1.52. The van der Waals surface area contributed by atoms with Gasteiger partial charge in [-0.3, -0.25) is 4.55 Å². The molecular weight excluding hydrogens is 254 g/mol. The minimum atomic E-state index is -4.92. The van der Waals surface area contributed by atoms with Gasteiger partial charge >= 0.3 is 5.97 Å². The van der Waals surface area contributed by atoms with E-state index in [1.165, 1.54) is 6.07 Å². The van der Waals surface area contributed by atoms with Crippen LogP contribution < -0.4 is 5.73 Å². The van der Waals surface area contributed by atoms with Crippen LogP contribution >= 0.6 is 0 Å². The van der Waals surface area contributed by atoms with Crippen molar-refractivity contribution in [3.05, 3.63) is 29.8 Å². The first-order valence-electron chi connectivity index (χ1n) is 3.99. The summed E-state index contributed by atoms with van der Waals surface area (Å²) in [5.41, 5.74) is 4.38. The van der Waals surface area contributed by atoms with Crippen LogP contribution in [-0.2, 0) is 10.4 Å². The Bertz CT molecular complexity index is 435. The van der Waals surface area contributed by atoms with Gasteiger partial charge in [0.2, 0.25) is 10.4 Å². The summed E-state index contributed by atoms with van der Waals surface area (Å²) in [6, 6.07) is 6.64. The third-order valence-electron chi connectivity index (χ3n) is 1.25. The standard InChI is InChI=1S/C7H7NO2.CH4O.H2O4S/c8-6-4-2-1-3-5(6)7(9)10;1-2;1-5(2,3)4/h1-4H,8H2,(H,9,10);2H,1H3;(H2,1,2,3,4). The molecule has 0 fully saturated rings. The molecule has 98 valence electrons. The smallest absolute Gasteiger partial charge is 0.341 e. The molecule has 0 amide bonds. The molecule has 0 saturated carbocycles. The lowest BCUT2D eigenvalue weighted by Crippen LogP contribution is -2.41. The highest BCUT2D eigenvalue weighted by molar-refractivity contribution is 7.79. The van der Waals surface area contributed by atoms with Crippen molar-refractivity contribution < 1.29 is 38.3 Å². The Balaban J connectivity index is 0. The van der Waals surface area contributed by atoms with Crippen molar-refractivity contribution in [3.63, 3.8) is 0 Å². The molecule has 8 nitrogen and oxygen atoms in total. The van der Waals surface area contributed by atoms with Crippen LogP contribution in [0.2, 0.25) is 0 Å². The SMILES string of the molecule is CO.O=S(=O)([O-])O.[NH3+]c1ccccc1C(=O)O. The van der Waals surface area contributed by atoms with Crippen molar-refractivity contribution >= 4 is 22.1 Å². The number of quaternary nitrogens is 1. The number of rotatable bonds is 1. The van der Waals surface area contributed by atoms with E-state index in [2.05, 4.69) is 5.73 Å². The Morgan fingerprint density at radius 1 is 1.29 bits per heavy atom. The van der Waals surface area contributed by atoms with Crippen LogP contribution in [0.4, 0.5) is 5.69 Å². The van der Waals surface area contributed by atoms with Crippen LogP contribution in [0.25, 0.3) is 0 Å². The lowest BCUT2D eigenvalue weighted by Gasteiger charge is -1.92. The summed E-state index contributed by atoms with van der Waals surface area (Å²) in [4.78, 5) is 10.4. The predicted molar refractivity (Wildman–Crippen MR) is 56.4 cm³/mol. The maximum atomic E-state index is 10.4. The lowest BCUT2D eigenvalue weighted by atomic mass is 10.2. The van der Waals surface area contributed by atoms with E-state index < -0.39 is 16.4 Å². The summed E-state index contributed by atoms with van der Waals surface area (Å²) in [7, 11) is -3.92. The van der Waals surface area contributed by atoms with Gasteiger partial charge in [0.25, 0.3) is 0 Å². The fourth-order valence-corrected chi connectivity index (χ4v) is 0.729. The molecular formula is C8H13NO7S. The normalized spacial score (nSPS) is 9.24. The third-order valence-corrected chi connectivity index (χ3v) is 1.25. The fraction of sp³-hybridized carbons (Fsp3) is 0.125. The quantitative estimate of drug-likeness (QED) is 0.369. The van der Waals surface area contributed by atoms with E-state index in [1.807, 2.05) is 0 Å². The molecule has 0 radical (unpaired) electrons. The topological polar surface area (TPSA) is 163 Å². The summed E-state index contributed by atoms with van der Waals surface area (Å²) < 4.78 is 32.8. The van der Waals surface area contributed by atoms with Gasteiger partial charge < -0.3 is 20.5 Å². The highest BCUT2D eigenvalue weighted by Gasteiger charge is 2.07. The van der Waals surface area contributed by atoms with E-state index >= 15 is 0 Å². The summed E-state index contributed by atoms with van der Waals surface area (Å²) in [6.45, 7) is 0. The van der Waals surface area contributed by atoms with Gasteiger partial charge in [-0.1, -0.05) is 12.1 Å². The number of aliphatic hydroxyl groups excluding tert-OH is 1. The second-order valence-corrected chi connectivity index (χ2v) is 3.25. The second-order valence-electron chi connectivity index (χ2n) is 2.39. The van der Waals surface area contributed by atoms with Gasteiger partial charge in [-0.2, -0.15) is 0 Å². The molecule has 0 unspecified atom stereocenters. The molecule has 0 saturated heterocycles. The minimum absolute atomic E-state index is 0.266. The van der Waals surface area contributed by atoms with Crippen molar-refractivity contribution in [2.24, 2.45) is 0 Å². The number of carbonyl (C=O) groups is 1. The molecule has 1 aromatic carbocycles. The molecule has 0 aliphatic rings. The maximum absolute atomic E-state index is 10.4. The molecule has 9 heteroatoms. The Kier molecular flexibility index (Phi) is 9.05. The first-order valence-corrected chi connectivity index (χ1v) is 5.35. The monoisotopic (exact) mass is 267 g/mol. The Morgan fingerprint density at radius 2 is 1.65 bits per heavy atom. The molecule has 0 aromatic heterocycles. The van der Waals surface area contributed by atoms with Crippen molar-refractivity contribution in [2.45, 2.75) is 0 Å². The first kappa shape index (κ1) is 17.9. The lowest BCUT2D eigenvalue weighted by molar-refractivity contribution is -0.255. The van der Waals surface area contributed by atoms with Crippen LogP contribution in [0.1, 0.15) is 10.4 Å². The van der Waals surface area contributed by atoms with E-state index in [-0.39, 0.29) is 5.56 Å². The van der Waals surface area contributed by atoms with Crippen molar-refractivity contribution in [1.82, 2.24) is 0 Å². The summed E-state index contributed by atoms with van der Waals surface area (Å²) in [6.07, 6.45) is 0. The molecule has 0 bridgehead atoms. The number of carboxylic acid groups (broad SMARTS) is 1. The van der Waals surface area contributed by atoms with Crippen LogP contribution in [0.5, 0.6) is 0 Å². The van der Waals surface area contributed by atoms with E-state index in [1.54, 1.807) is 18.2 Å². The minimum Gasteiger partial charge on any atom is -0.726 e. The Morgan fingerprint density at radius 3 is 1.88 bits per heavy atom. The zero-order chi connectivity index (χ0) is 14.1. The number of aromatic carboxylic acids is 1. The van der Waals surface area contributed by atoms with Crippen molar-refractivity contribution in [1.29, 1.82) is 0 Å². The molecule has 0 heterocycles. The van der Waals surface area contributed by atoms with Gasteiger partial charge in [0.1, 0.15) is 11.3 Å². The van der Waals surface area contributed by atoms with Crippen LogP contribution in [-0.4, -0.2) is 40.8 Å². The maximum Gasteiger partial charge on any atom is 0.341 e. The molecule has 17 heavy (non-hydrogen) atoms. The summed E-state index contributed by atoms with van der Waals surface area (Å²) >= 11 is 0. The van der Waals surface area contributed by atoms with Gasteiger partial charge in [0.05, 0.1) is 0 Å². The molecule has 0 spiro atoms. The predicted octanol–water partition coefficient (Wildman–Crippen LogP) is -1.13. The Labute approximate surface area is 97.9 Å². The van der Waals surface area contributed by atoms with E-state index in [0.717, 1.165) is 7.11 Å². The highest BCUT2D eigenvalue weighted by Crippen LogP contribution is 2.06. The van der Waals surface area contributed by atoms with Gasteiger partial charge in [-0.05, 0) is 12.1 Å². The molecule has 0 aliphatic carbocycles. The molecule has 0 atom stereocenters. The number of hydrogen-bond acceptors (Lipinski definition) is 5. The zero-order valence-electron chi connectivity index (χ0n) is 8.90. The van der Waals surface area contributed by atoms with Gasteiger partial charge in [0.15, 0.2) is 0 Å². The van der Waals surface area contributed by atoms with E-state index in [9.17, 15) is 4.79 Å². The fourth-order valence-electron chi connectivity index (χ4n) is 0.729. The van der Waals surface area contributed by atoms with E-state index in [0.29, 0.717) is 5.69 Å². The second kappa shape index (κ2) is 8.61. The van der Waals surface area contributed by atoms with Crippen molar-refractivity contribution in [2.75, 3.05) is 7.11 Å². The van der Waals surface area contributed by atoms with Gasteiger partial charge in [-0.25, -0.2) is 13.2 Å². The number of carboxylic acids is 1. The molecule has 0 aliphatic heterocycles.